The van der Waals surface area contributed by atoms with E-state index in [-0.39, 0.29) is 24.3 Å². The number of rotatable bonds is 3. The van der Waals surface area contributed by atoms with E-state index in [1.165, 1.54) is 0 Å². The third-order valence-corrected chi connectivity index (χ3v) is 3.29. The Bertz CT molecular complexity index is 380. The Morgan fingerprint density at radius 1 is 1.47 bits per heavy atom. The maximum Gasteiger partial charge on any atom is 0.410 e. The number of nitrogens with one attached hydrogen (secondary N) is 1. The number of likely N-dealkylation sites (tertiary alicyclic amines) is 1. The zero-order valence-electron chi connectivity index (χ0n) is 10.6. The largest absolute Gasteiger partial charge is 0.447 e. The number of hydrogen-bond acceptors (Lipinski definition) is 4. The minimum Gasteiger partial charge on any atom is -0.447 e. The second-order valence-corrected chi connectivity index (χ2v) is 6.54. The predicted molar refractivity (Wildman–Crippen MR) is 64.2 cm³/mol. The Labute approximate surface area is 102 Å². The van der Waals surface area contributed by atoms with Gasteiger partial charge in [0.25, 0.3) is 0 Å². The highest BCUT2D eigenvalue weighted by Gasteiger charge is 2.34. The Balaban J connectivity index is 2.58. The van der Waals surface area contributed by atoms with Crippen LogP contribution in [-0.4, -0.2) is 50.4 Å². The first-order valence-corrected chi connectivity index (χ1v) is 7.52. The van der Waals surface area contributed by atoms with E-state index < -0.39 is 10.0 Å². The number of ether oxygens (including phenoxy) is 1. The molecule has 1 aliphatic rings. The molecule has 2 unspecified atom stereocenters. The molecule has 100 valence electrons. The molecule has 7 heteroatoms. The van der Waals surface area contributed by atoms with Crippen molar-refractivity contribution in [1.29, 1.82) is 0 Å². The SMILES string of the molecule is CC(C)OC(=O)N1CC(NS(C)(=O)=O)CC1C. The first-order valence-electron chi connectivity index (χ1n) is 5.63. The van der Waals surface area contributed by atoms with Crippen LogP contribution in [0.4, 0.5) is 4.79 Å². The summed E-state index contributed by atoms with van der Waals surface area (Å²) in [6, 6.07) is -0.236. The van der Waals surface area contributed by atoms with Crippen molar-refractivity contribution < 1.29 is 17.9 Å². The number of nitrogens with zero attached hydrogens (tertiary/aromatic N) is 1. The van der Waals surface area contributed by atoms with E-state index >= 15 is 0 Å². The summed E-state index contributed by atoms with van der Waals surface area (Å²) >= 11 is 0. The minimum atomic E-state index is -3.23. The molecule has 1 rings (SSSR count). The summed E-state index contributed by atoms with van der Waals surface area (Å²) in [5.74, 6) is 0. The Hall–Kier alpha value is -0.820. The van der Waals surface area contributed by atoms with Crippen LogP contribution in [-0.2, 0) is 14.8 Å². The number of carbonyl (C=O) groups excluding carboxylic acids is 1. The van der Waals surface area contributed by atoms with Gasteiger partial charge in [-0.05, 0) is 27.2 Å². The summed E-state index contributed by atoms with van der Waals surface area (Å²) in [4.78, 5) is 13.3. The third-order valence-electron chi connectivity index (χ3n) is 2.53. The lowest BCUT2D eigenvalue weighted by Gasteiger charge is -2.22. The van der Waals surface area contributed by atoms with Crippen molar-refractivity contribution in [3.05, 3.63) is 0 Å². The van der Waals surface area contributed by atoms with Crippen molar-refractivity contribution in [3.8, 4) is 0 Å². The fraction of sp³-hybridized carbons (Fsp3) is 0.900. The normalized spacial score (nSPS) is 25.4. The first kappa shape index (κ1) is 14.2. The molecule has 0 aromatic rings. The van der Waals surface area contributed by atoms with Gasteiger partial charge in [0.05, 0.1) is 12.4 Å². The van der Waals surface area contributed by atoms with Crippen LogP contribution in [0.3, 0.4) is 0 Å². The molecule has 1 N–H and O–H groups in total. The van der Waals surface area contributed by atoms with Gasteiger partial charge in [-0.3, -0.25) is 0 Å². The van der Waals surface area contributed by atoms with Gasteiger partial charge < -0.3 is 9.64 Å². The van der Waals surface area contributed by atoms with Gasteiger partial charge in [0.2, 0.25) is 10.0 Å². The highest BCUT2D eigenvalue weighted by molar-refractivity contribution is 7.88. The smallest absolute Gasteiger partial charge is 0.410 e. The van der Waals surface area contributed by atoms with Gasteiger partial charge in [-0.2, -0.15) is 0 Å². The maximum absolute atomic E-state index is 11.7. The average Bonchev–Trinajstić information content (AvgIpc) is 2.41. The summed E-state index contributed by atoms with van der Waals surface area (Å²) in [7, 11) is -3.23. The quantitative estimate of drug-likeness (QED) is 0.807. The van der Waals surface area contributed by atoms with Crippen LogP contribution in [0.2, 0.25) is 0 Å². The predicted octanol–water partition coefficient (Wildman–Crippen LogP) is 0.543. The number of carbonyl (C=O) groups is 1. The molecular weight excluding hydrogens is 244 g/mol. The van der Waals surface area contributed by atoms with Crippen molar-refractivity contribution in [2.45, 2.75) is 45.4 Å². The molecule has 0 spiro atoms. The van der Waals surface area contributed by atoms with Crippen LogP contribution in [0.15, 0.2) is 0 Å². The van der Waals surface area contributed by atoms with Crippen LogP contribution in [0.5, 0.6) is 0 Å². The zero-order valence-corrected chi connectivity index (χ0v) is 11.5. The molecule has 0 aliphatic carbocycles. The van der Waals surface area contributed by atoms with Crippen LogP contribution in [0, 0.1) is 0 Å². The molecule has 6 nitrogen and oxygen atoms in total. The topological polar surface area (TPSA) is 75.7 Å². The number of sulfonamides is 1. The second-order valence-electron chi connectivity index (χ2n) is 4.76. The van der Waals surface area contributed by atoms with E-state index in [0.717, 1.165) is 6.26 Å². The van der Waals surface area contributed by atoms with E-state index in [2.05, 4.69) is 4.72 Å². The molecule has 1 heterocycles. The molecule has 0 bridgehead atoms. The second kappa shape index (κ2) is 5.22. The molecule has 0 aromatic heterocycles. The molecule has 0 aromatic carbocycles. The summed E-state index contributed by atoms with van der Waals surface area (Å²) in [5.41, 5.74) is 0. The lowest BCUT2D eigenvalue weighted by atomic mass is 10.2. The fourth-order valence-corrected chi connectivity index (χ4v) is 2.72. The van der Waals surface area contributed by atoms with Gasteiger partial charge in [-0.15, -0.1) is 0 Å². The van der Waals surface area contributed by atoms with Crippen LogP contribution in [0.1, 0.15) is 27.2 Å². The molecular formula is C10H20N2O4S. The van der Waals surface area contributed by atoms with Gasteiger partial charge in [0.15, 0.2) is 0 Å². The monoisotopic (exact) mass is 264 g/mol. The van der Waals surface area contributed by atoms with Crippen molar-refractivity contribution in [2.75, 3.05) is 12.8 Å². The minimum absolute atomic E-state index is 0.0134. The van der Waals surface area contributed by atoms with Crippen LogP contribution < -0.4 is 4.72 Å². The summed E-state index contributed by atoms with van der Waals surface area (Å²) < 4.78 is 29.8. The summed E-state index contributed by atoms with van der Waals surface area (Å²) in [6.45, 7) is 5.81. The molecule has 1 fully saturated rings. The lowest BCUT2D eigenvalue weighted by molar-refractivity contribution is 0.0749. The Kier molecular flexibility index (Phi) is 4.37. The highest BCUT2D eigenvalue weighted by atomic mass is 32.2. The van der Waals surface area contributed by atoms with Crippen molar-refractivity contribution in [2.24, 2.45) is 0 Å². The van der Waals surface area contributed by atoms with Gasteiger partial charge in [0.1, 0.15) is 0 Å². The zero-order chi connectivity index (χ0) is 13.2. The van der Waals surface area contributed by atoms with Crippen LogP contribution >= 0.6 is 0 Å². The Morgan fingerprint density at radius 2 is 2.06 bits per heavy atom. The van der Waals surface area contributed by atoms with Crippen molar-refractivity contribution in [3.63, 3.8) is 0 Å². The van der Waals surface area contributed by atoms with Crippen molar-refractivity contribution in [1.82, 2.24) is 9.62 Å². The molecule has 1 saturated heterocycles. The van der Waals surface area contributed by atoms with Gasteiger partial charge in [-0.1, -0.05) is 0 Å². The molecule has 1 aliphatic heterocycles. The molecule has 0 radical (unpaired) electrons. The van der Waals surface area contributed by atoms with E-state index in [9.17, 15) is 13.2 Å². The van der Waals surface area contributed by atoms with Gasteiger partial charge >= 0.3 is 6.09 Å². The van der Waals surface area contributed by atoms with Gasteiger partial charge in [0, 0.05) is 18.6 Å². The van der Waals surface area contributed by atoms with E-state index in [1.807, 2.05) is 6.92 Å². The molecule has 17 heavy (non-hydrogen) atoms. The highest BCUT2D eigenvalue weighted by Crippen LogP contribution is 2.19. The van der Waals surface area contributed by atoms with Crippen LogP contribution in [0.25, 0.3) is 0 Å². The summed E-state index contributed by atoms with van der Waals surface area (Å²) in [6.07, 6.45) is 1.18. The molecule has 0 saturated carbocycles. The van der Waals surface area contributed by atoms with E-state index in [0.29, 0.717) is 13.0 Å². The standard InChI is InChI=1S/C10H20N2O4S/c1-7(2)16-10(13)12-6-9(5-8(12)3)11-17(4,14)15/h7-9,11H,5-6H2,1-4H3. The number of hydrogen-bond donors (Lipinski definition) is 1. The fourth-order valence-electron chi connectivity index (χ4n) is 1.94. The van der Waals surface area contributed by atoms with E-state index in [4.69, 9.17) is 4.74 Å². The number of amides is 1. The summed E-state index contributed by atoms with van der Waals surface area (Å²) in [5, 5.41) is 0. The van der Waals surface area contributed by atoms with E-state index in [1.54, 1.807) is 18.7 Å². The Morgan fingerprint density at radius 3 is 2.53 bits per heavy atom. The third kappa shape index (κ3) is 4.51. The van der Waals surface area contributed by atoms with Crippen molar-refractivity contribution >= 4 is 16.1 Å². The molecule has 1 amide bonds. The lowest BCUT2D eigenvalue weighted by Crippen LogP contribution is -2.39. The molecule has 2 atom stereocenters. The maximum atomic E-state index is 11.7. The average molecular weight is 264 g/mol. The first-order chi connectivity index (χ1) is 7.69. The van der Waals surface area contributed by atoms with Gasteiger partial charge in [-0.25, -0.2) is 17.9 Å².